The third kappa shape index (κ3) is 4.49. The molecule has 1 aromatic rings. The largest absolute Gasteiger partial charge is 0.389 e. The van der Waals surface area contributed by atoms with Crippen molar-refractivity contribution >= 4 is 15.7 Å². The zero-order chi connectivity index (χ0) is 14.7. The van der Waals surface area contributed by atoms with Gasteiger partial charge in [-0.3, -0.25) is 0 Å². The summed E-state index contributed by atoms with van der Waals surface area (Å²) in [5, 5.41) is 9.85. The van der Waals surface area contributed by atoms with Gasteiger partial charge in [-0.15, -0.1) is 0 Å². The lowest BCUT2D eigenvalue weighted by atomic mass is 10.1. The summed E-state index contributed by atoms with van der Waals surface area (Å²) in [5.41, 5.74) is 0.0887. The van der Waals surface area contributed by atoms with Gasteiger partial charge in [-0.05, 0) is 52.1 Å². The Morgan fingerprint density at radius 3 is 2.16 bits per heavy atom. The summed E-state index contributed by atoms with van der Waals surface area (Å²) in [7, 11) is -2.02. The quantitative estimate of drug-likeness (QED) is 0.824. The van der Waals surface area contributed by atoms with Crippen molar-refractivity contribution in [3.63, 3.8) is 0 Å². The summed E-state index contributed by atoms with van der Waals surface area (Å²) in [4.78, 5) is 2.23. The van der Waals surface area contributed by atoms with Crippen LogP contribution in [0.5, 0.6) is 0 Å². The van der Waals surface area contributed by atoms with Crippen LogP contribution in [0.4, 0.5) is 5.69 Å². The number of aliphatic hydroxyl groups is 1. The van der Waals surface area contributed by atoms with Gasteiger partial charge < -0.3 is 10.0 Å². The molecule has 0 heterocycles. The Labute approximate surface area is 115 Å². The maximum absolute atomic E-state index is 11.6. The van der Waals surface area contributed by atoms with E-state index in [4.69, 9.17) is 0 Å². The van der Waals surface area contributed by atoms with E-state index in [1.807, 2.05) is 11.8 Å². The van der Waals surface area contributed by atoms with Crippen molar-refractivity contribution < 1.29 is 13.5 Å². The molecule has 0 saturated heterocycles. The maximum atomic E-state index is 11.6. The first-order valence-corrected chi connectivity index (χ1v) is 7.69. The Kier molecular flexibility index (Phi) is 4.95. The lowest BCUT2D eigenvalue weighted by molar-refractivity contribution is 0.0876. The predicted octanol–water partition coefficient (Wildman–Crippen LogP) is 1.19. The van der Waals surface area contributed by atoms with Crippen molar-refractivity contribution in [1.82, 2.24) is 4.72 Å². The minimum Gasteiger partial charge on any atom is -0.389 e. The lowest BCUT2D eigenvalue weighted by Crippen LogP contribution is -2.38. The Morgan fingerprint density at radius 1 is 1.26 bits per heavy atom. The van der Waals surface area contributed by atoms with Crippen molar-refractivity contribution in [2.75, 3.05) is 25.0 Å². The molecule has 0 amide bonds. The Balaban J connectivity index is 2.97. The third-order valence-corrected chi connectivity index (χ3v) is 4.17. The van der Waals surface area contributed by atoms with Gasteiger partial charge in [-0.25, -0.2) is 13.1 Å². The number of nitrogens with one attached hydrogen (secondary N) is 1. The van der Waals surface area contributed by atoms with Crippen LogP contribution >= 0.6 is 0 Å². The first kappa shape index (κ1) is 15.9. The van der Waals surface area contributed by atoms with E-state index < -0.39 is 15.6 Å². The van der Waals surface area contributed by atoms with Crippen LogP contribution in [0, 0.1) is 0 Å². The van der Waals surface area contributed by atoms with Crippen LogP contribution in [0.3, 0.4) is 0 Å². The fraction of sp³-hybridized carbons (Fsp3) is 0.538. The molecule has 6 heteroatoms. The van der Waals surface area contributed by atoms with Gasteiger partial charge in [0.15, 0.2) is 0 Å². The van der Waals surface area contributed by atoms with Crippen LogP contribution in [-0.4, -0.2) is 39.3 Å². The van der Waals surface area contributed by atoms with E-state index in [-0.39, 0.29) is 4.90 Å². The number of likely N-dealkylation sites (N-methyl/N-ethyl adjacent to an activating group) is 1. The van der Waals surface area contributed by atoms with E-state index in [0.717, 1.165) is 12.2 Å². The average molecular weight is 286 g/mol. The number of anilines is 1. The summed E-state index contributed by atoms with van der Waals surface area (Å²) in [6.45, 7) is 6.71. The van der Waals surface area contributed by atoms with Crippen molar-refractivity contribution in [2.45, 2.75) is 31.3 Å². The highest BCUT2D eigenvalue weighted by Crippen LogP contribution is 2.19. The fourth-order valence-electron chi connectivity index (χ4n) is 1.81. The van der Waals surface area contributed by atoms with Crippen LogP contribution in [0.25, 0.3) is 0 Å². The molecule has 1 aromatic carbocycles. The van der Waals surface area contributed by atoms with Gasteiger partial charge in [0.1, 0.15) is 0 Å². The fourth-order valence-corrected chi connectivity index (χ4v) is 2.54. The molecule has 5 nitrogen and oxygen atoms in total. The molecule has 0 aromatic heterocycles. The molecule has 19 heavy (non-hydrogen) atoms. The first-order chi connectivity index (χ1) is 8.69. The van der Waals surface area contributed by atoms with E-state index in [1.165, 1.54) is 7.05 Å². The third-order valence-electron chi connectivity index (χ3n) is 2.74. The summed E-state index contributed by atoms with van der Waals surface area (Å²) < 4.78 is 25.5. The summed E-state index contributed by atoms with van der Waals surface area (Å²) in [6.07, 6.45) is 0. The molecule has 0 radical (unpaired) electrons. The van der Waals surface area contributed by atoms with Gasteiger partial charge in [-0.2, -0.15) is 0 Å². The van der Waals surface area contributed by atoms with Gasteiger partial charge in [0.2, 0.25) is 10.0 Å². The van der Waals surface area contributed by atoms with E-state index in [0.29, 0.717) is 6.54 Å². The smallest absolute Gasteiger partial charge is 0.240 e. The normalized spacial score (nSPS) is 12.5. The molecule has 0 spiro atoms. The number of hydrogen-bond acceptors (Lipinski definition) is 4. The SMILES string of the molecule is CCN(CC(C)(C)O)c1ccc(S(=O)(=O)NC)cc1. The number of nitrogens with zero attached hydrogens (tertiary/aromatic N) is 1. The lowest BCUT2D eigenvalue weighted by Gasteiger charge is -2.30. The number of rotatable bonds is 6. The highest BCUT2D eigenvalue weighted by Gasteiger charge is 2.18. The molecular weight excluding hydrogens is 264 g/mol. The van der Waals surface area contributed by atoms with E-state index in [2.05, 4.69) is 4.72 Å². The molecule has 0 saturated carbocycles. The van der Waals surface area contributed by atoms with Crippen LogP contribution in [0.2, 0.25) is 0 Å². The molecule has 0 atom stereocenters. The molecule has 0 aliphatic carbocycles. The first-order valence-electron chi connectivity index (χ1n) is 6.20. The molecule has 0 aliphatic rings. The van der Waals surface area contributed by atoms with Crippen molar-refractivity contribution in [1.29, 1.82) is 0 Å². The zero-order valence-corrected chi connectivity index (χ0v) is 12.7. The molecule has 0 fully saturated rings. The molecule has 2 N–H and O–H groups in total. The zero-order valence-electron chi connectivity index (χ0n) is 11.8. The van der Waals surface area contributed by atoms with Gasteiger partial charge in [0.05, 0.1) is 10.5 Å². The molecule has 0 bridgehead atoms. The van der Waals surface area contributed by atoms with Crippen LogP contribution in [0.1, 0.15) is 20.8 Å². The molecule has 0 unspecified atom stereocenters. The molecule has 0 aliphatic heterocycles. The van der Waals surface area contributed by atoms with Crippen LogP contribution < -0.4 is 9.62 Å². The Hall–Kier alpha value is -1.11. The van der Waals surface area contributed by atoms with Gasteiger partial charge in [-0.1, -0.05) is 0 Å². The van der Waals surface area contributed by atoms with Crippen molar-refractivity contribution in [3.8, 4) is 0 Å². The van der Waals surface area contributed by atoms with Gasteiger partial charge in [0, 0.05) is 18.8 Å². The van der Waals surface area contributed by atoms with E-state index >= 15 is 0 Å². The molecule has 108 valence electrons. The monoisotopic (exact) mass is 286 g/mol. The number of sulfonamides is 1. The van der Waals surface area contributed by atoms with Crippen LogP contribution in [-0.2, 0) is 10.0 Å². The van der Waals surface area contributed by atoms with Gasteiger partial charge >= 0.3 is 0 Å². The summed E-state index contributed by atoms with van der Waals surface area (Å²) >= 11 is 0. The second kappa shape index (κ2) is 5.90. The summed E-state index contributed by atoms with van der Waals surface area (Å²) in [5.74, 6) is 0. The molecule has 1 rings (SSSR count). The Morgan fingerprint density at radius 2 is 1.79 bits per heavy atom. The highest BCUT2D eigenvalue weighted by atomic mass is 32.2. The highest BCUT2D eigenvalue weighted by molar-refractivity contribution is 7.89. The minimum absolute atomic E-state index is 0.234. The predicted molar refractivity (Wildman–Crippen MR) is 76.9 cm³/mol. The minimum atomic E-state index is -3.40. The second-order valence-corrected chi connectivity index (χ2v) is 6.91. The standard InChI is InChI=1S/C13H22N2O3S/c1-5-15(10-13(2,3)16)11-6-8-12(9-7-11)19(17,18)14-4/h6-9,14,16H,5,10H2,1-4H3. The molecular formula is C13H22N2O3S. The summed E-state index contributed by atoms with van der Waals surface area (Å²) in [6, 6.07) is 6.63. The average Bonchev–Trinajstić information content (AvgIpc) is 2.35. The number of benzene rings is 1. The topological polar surface area (TPSA) is 69.6 Å². The van der Waals surface area contributed by atoms with Crippen molar-refractivity contribution in [2.24, 2.45) is 0 Å². The van der Waals surface area contributed by atoms with Crippen molar-refractivity contribution in [3.05, 3.63) is 24.3 Å². The van der Waals surface area contributed by atoms with Gasteiger partial charge in [0.25, 0.3) is 0 Å². The number of hydrogen-bond donors (Lipinski definition) is 2. The Bertz CT molecular complexity index is 504. The van der Waals surface area contributed by atoms with E-state index in [1.54, 1.807) is 38.1 Å². The van der Waals surface area contributed by atoms with E-state index in [9.17, 15) is 13.5 Å². The maximum Gasteiger partial charge on any atom is 0.240 e. The second-order valence-electron chi connectivity index (χ2n) is 5.03. The van der Waals surface area contributed by atoms with Crippen LogP contribution in [0.15, 0.2) is 29.2 Å².